The number of rotatable bonds is 4. The lowest BCUT2D eigenvalue weighted by atomic mass is 9.75. The molecule has 0 aromatic heterocycles. The summed E-state index contributed by atoms with van der Waals surface area (Å²) in [6, 6.07) is 9.85. The molecule has 1 atom stereocenters. The first kappa shape index (κ1) is 13.9. The van der Waals surface area contributed by atoms with Crippen molar-refractivity contribution in [1.82, 2.24) is 10.2 Å². The van der Waals surface area contributed by atoms with E-state index in [1.54, 1.807) is 7.11 Å². The summed E-state index contributed by atoms with van der Waals surface area (Å²) in [5.41, 5.74) is 1.38. The monoisotopic (exact) mass is 274 g/mol. The first-order valence-corrected chi connectivity index (χ1v) is 7.83. The quantitative estimate of drug-likeness (QED) is 0.913. The molecule has 0 amide bonds. The molecule has 20 heavy (non-hydrogen) atoms. The number of hydrogen-bond donors (Lipinski definition) is 1. The van der Waals surface area contributed by atoms with Gasteiger partial charge in [-0.3, -0.25) is 0 Å². The van der Waals surface area contributed by atoms with Gasteiger partial charge in [0.1, 0.15) is 5.75 Å². The number of nitrogens with one attached hydrogen (secondary N) is 1. The molecule has 2 aliphatic rings. The first-order chi connectivity index (χ1) is 9.76. The fraction of sp³-hybridized carbons (Fsp3) is 0.647. The lowest BCUT2D eigenvalue weighted by Gasteiger charge is -2.41. The summed E-state index contributed by atoms with van der Waals surface area (Å²) >= 11 is 0. The third-order valence-corrected chi connectivity index (χ3v) is 4.81. The Balaban J connectivity index is 1.51. The maximum atomic E-state index is 5.47. The molecule has 3 heteroatoms. The van der Waals surface area contributed by atoms with Crippen molar-refractivity contribution in [2.24, 2.45) is 0 Å². The number of methoxy groups -OCH3 is 1. The molecule has 1 aliphatic carbocycles. The second kappa shape index (κ2) is 6.15. The largest absolute Gasteiger partial charge is 0.496 e. The van der Waals surface area contributed by atoms with Gasteiger partial charge in [-0.25, -0.2) is 0 Å². The minimum absolute atomic E-state index is 0.671. The van der Waals surface area contributed by atoms with Gasteiger partial charge in [0, 0.05) is 18.6 Å². The van der Waals surface area contributed by atoms with Crippen LogP contribution in [0, 0.1) is 0 Å². The Bertz CT molecular complexity index is 442. The Morgan fingerprint density at radius 3 is 2.75 bits per heavy atom. The van der Waals surface area contributed by atoms with E-state index in [0.29, 0.717) is 18.0 Å². The number of nitrogens with zero attached hydrogens (tertiary/aromatic N) is 1. The van der Waals surface area contributed by atoms with Crippen LogP contribution in [-0.4, -0.2) is 44.2 Å². The van der Waals surface area contributed by atoms with Crippen LogP contribution in [0.5, 0.6) is 5.75 Å². The summed E-state index contributed by atoms with van der Waals surface area (Å²) in [5, 5.41) is 3.84. The van der Waals surface area contributed by atoms with Crippen molar-refractivity contribution in [3.05, 3.63) is 29.8 Å². The number of ether oxygens (including phenoxy) is 1. The molecule has 0 radical (unpaired) electrons. The summed E-state index contributed by atoms with van der Waals surface area (Å²) < 4.78 is 5.47. The lowest BCUT2D eigenvalue weighted by molar-refractivity contribution is 0.184. The van der Waals surface area contributed by atoms with Crippen LogP contribution < -0.4 is 10.1 Å². The number of hydrogen-bond acceptors (Lipinski definition) is 3. The van der Waals surface area contributed by atoms with Gasteiger partial charge in [0.2, 0.25) is 0 Å². The molecule has 1 N–H and O–H groups in total. The van der Waals surface area contributed by atoms with E-state index in [1.165, 1.54) is 44.3 Å². The second-order valence-corrected chi connectivity index (χ2v) is 6.38. The highest BCUT2D eigenvalue weighted by Crippen LogP contribution is 2.41. The normalized spacial score (nSPS) is 30.8. The second-order valence-electron chi connectivity index (χ2n) is 6.38. The molecule has 2 fully saturated rings. The summed E-state index contributed by atoms with van der Waals surface area (Å²) in [6.07, 6.45) is 5.16. The number of para-hydroxylation sites is 1. The van der Waals surface area contributed by atoms with E-state index in [0.717, 1.165) is 5.75 Å². The number of benzene rings is 1. The Kier molecular flexibility index (Phi) is 4.27. The molecular weight excluding hydrogens is 248 g/mol. The average molecular weight is 274 g/mol. The minimum atomic E-state index is 0.671. The Hall–Kier alpha value is -1.06. The molecule has 110 valence electrons. The molecule has 1 aromatic rings. The van der Waals surface area contributed by atoms with Gasteiger partial charge < -0.3 is 15.0 Å². The van der Waals surface area contributed by atoms with Gasteiger partial charge in [0.05, 0.1) is 7.11 Å². The van der Waals surface area contributed by atoms with Crippen molar-refractivity contribution < 1.29 is 4.74 Å². The van der Waals surface area contributed by atoms with Crippen molar-refractivity contribution in [2.75, 3.05) is 27.2 Å². The van der Waals surface area contributed by atoms with Crippen LogP contribution in [0.4, 0.5) is 0 Å². The van der Waals surface area contributed by atoms with Gasteiger partial charge in [-0.15, -0.1) is 0 Å². The Morgan fingerprint density at radius 2 is 2.00 bits per heavy atom. The topological polar surface area (TPSA) is 24.5 Å². The third-order valence-electron chi connectivity index (χ3n) is 4.81. The maximum absolute atomic E-state index is 5.47. The molecular formula is C17H26N2O. The molecule has 1 heterocycles. The molecule has 1 aliphatic heterocycles. The predicted molar refractivity (Wildman–Crippen MR) is 82.4 cm³/mol. The fourth-order valence-corrected chi connectivity index (χ4v) is 3.65. The molecule has 0 bridgehead atoms. The van der Waals surface area contributed by atoms with Crippen molar-refractivity contribution in [2.45, 2.75) is 43.7 Å². The first-order valence-electron chi connectivity index (χ1n) is 7.83. The van der Waals surface area contributed by atoms with Gasteiger partial charge in [-0.2, -0.15) is 0 Å². The van der Waals surface area contributed by atoms with Crippen LogP contribution in [0.25, 0.3) is 0 Å². The van der Waals surface area contributed by atoms with Crippen molar-refractivity contribution in [1.29, 1.82) is 0 Å². The lowest BCUT2D eigenvalue weighted by Crippen LogP contribution is -2.51. The van der Waals surface area contributed by atoms with Gasteiger partial charge in [-0.05, 0) is 56.8 Å². The SMILES string of the molecule is COc1ccccc1C1CC(NC2CCCN(C)C2)C1. The van der Waals surface area contributed by atoms with Gasteiger partial charge >= 0.3 is 0 Å². The maximum Gasteiger partial charge on any atom is 0.122 e. The standard InChI is InChI=1S/C17H26N2O/c1-19-9-5-6-14(12-19)18-15-10-13(11-15)16-7-3-4-8-17(16)20-2/h3-4,7-8,13-15,18H,5-6,9-12H2,1-2H3. The number of likely N-dealkylation sites (N-methyl/N-ethyl adjacent to an activating group) is 1. The van der Waals surface area contributed by atoms with Gasteiger partial charge in [0.25, 0.3) is 0 Å². The van der Waals surface area contributed by atoms with E-state index in [-0.39, 0.29) is 0 Å². The zero-order valence-corrected chi connectivity index (χ0v) is 12.6. The van der Waals surface area contributed by atoms with Crippen LogP contribution in [0.2, 0.25) is 0 Å². The van der Waals surface area contributed by atoms with E-state index in [1.807, 2.05) is 0 Å². The summed E-state index contributed by atoms with van der Waals surface area (Å²) in [6.45, 7) is 2.46. The highest BCUT2D eigenvalue weighted by molar-refractivity contribution is 5.37. The average Bonchev–Trinajstić information content (AvgIpc) is 2.42. The Labute approximate surface area is 122 Å². The van der Waals surface area contributed by atoms with Crippen molar-refractivity contribution >= 4 is 0 Å². The zero-order valence-electron chi connectivity index (χ0n) is 12.6. The summed E-state index contributed by atoms with van der Waals surface area (Å²) in [7, 11) is 4.00. The highest BCUT2D eigenvalue weighted by atomic mass is 16.5. The molecule has 1 saturated heterocycles. The van der Waals surface area contributed by atoms with E-state index < -0.39 is 0 Å². The molecule has 1 unspecified atom stereocenters. The third kappa shape index (κ3) is 2.99. The summed E-state index contributed by atoms with van der Waals surface area (Å²) in [4.78, 5) is 2.44. The highest BCUT2D eigenvalue weighted by Gasteiger charge is 2.33. The predicted octanol–water partition coefficient (Wildman–Crippen LogP) is 2.63. The van der Waals surface area contributed by atoms with Gasteiger partial charge in [0.15, 0.2) is 0 Å². The molecule has 1 saturated carbocycles. The van der Waals surface area contributed by atoms with Crippen LogP contribution in [0.15, 0.2) is 24.3 Å². The van der Waals surface area contributed by atoms with Crippen LogP contribution in [0.3, 0.4) is 0 Å². The fourth-order valence-electron chi connectivity index (χ4n) is 3.65. The van der Waals surface area contributed by atoms with E-state index in [9.17, 15) is 0 Å². The number of piperidine rings is 1. The van der Waals surface area contributed by atoms with Crippen LogP contribution >= 0.6 is 0 Å². The zero-order chi connectivity index (χ0) is 13.9. The van der Waals surface area contributed by atoms with Crippen LogP contribution in [0.1, 0.15) is 37.2 Å². The van der Waals surface area contributed by atoms with Gasteiger partial charge in [-0.1, -0.05) is 18.2 Å². The Morgan fingerprint density at radius 1 is 1.20 bits per heavy atom. The molecule has 0 spiro atoms. The molecule has 3 nitrogen and oxygen atoms in total. The minimum Gasteiger partial charge on any atom is -0.496 e. The smallest absolute Gasteiger partial charge is 0.122 e. The van der Waals surface area contributed by atoms with Crippen molar-refractivity contribution in [3.63, 3.8) is 0 Å². The molecule has 1 aromatic carbocycles. The van der Waals surface area contributed by atoms with E-state index in [2.05, 4.69) is 41.5 Å². The van der Waals surface area contributed by atoms with Crippen LogP contribution in [-0.2, 0) is 0 Å². The summed E-state index contributed by atoms with van der Waals surface area (Å²) in [5.74, 6) is 1.72. The van der Waals surface area contributed by atoms with Crippen molar-refractivity contribution in [3.8, 4) is 5.75 Å². The van der Waals surface area contributed by atoms with E-state index >= 15 is 0 Å². The van der Waals surface area contributed by atoms with E-state index in [4.69, 9.17) is 4.74 Å². The number of likely N-dealkylation sites (tertiary alicyclic amines) is 1. The molecule has 3 rings (SSSR count).